The van der Waals surface area contributed by atoms with Crippen LogP contribution in [0.1, 0.15) is 55.3 Å². The van der Waals surface area contributed by atoms with Crippen LogP contribution >= 0.6 is 0 Å². The molecule has 2 heterocycles. The Kier molecular flexibility index (Phi) is 5.87. The number of likely N-dealkylation sites (tertiary alicyclic amines) is 1. The predicted molar refractivity (Wildman–Crippen MR) is 102 cm³/mol. The van der Waals surface area contributed by atoms with Gasteiger partial charge in [-0.05, 0) is 56.8 Å². The lowest BCUT2D eigenvalue weighted by molar-refractivity contribution is 0.243. The molecule has 1 fully saturated rings. The smallest absolute Gasteiger partial charge is 0.161 e. The molecule has 0 aliphatic carbocycles. The molecular formula is C21H30N2O3. The highest BCUT2D eigenvalue weighted by molar-refractivity contribution is 5.43. The Morgan fingerprint density at radius 1 is 1.27 bits per heavy atom. The van der Waals surface area contributed by atoms with Gasteiger partial charge in [-0.2, -0.15) is 0 Å². The summed E-state index contributed by atoms with van der Waals surface area (Å²) < 4.78 is 16.8. The number of aromatic nitrogens is 1. The third-order valence-electron chi connectivity index (χ3n) is 4.97. The fourth-order valence-corrected chi connectivity index (χ4v) is 3.73. The van der Waals surface area contributed by atoms with E-state index in [2.05, 4.69) is 36.0 Å². The van der Waals surface area contributed by atoms with Crippen LogP contribution in [0, 0.1) is 19.8 Å². The van der Waals surface area contributed by atoms with Gasteiger partial charge in [-0.1, -0.05) is 25.1 Å². The van der Waals surface area contributed by atoms with Gasteiger partial charge in [0.2, 0.25) is 0 Å². The van der Waals surface area contributed by atoms with E-state index in [0.717, 1.165) is 42.5 Å². The van der Waals surface area contributed by atoms with Crippen molar-refractivity contribution < 1.29 is 14.0 Å². The Morgan fingerprint density at radius 3 is 2.73 bits per heavy atom. The highest BCUT2D eigenvalue weighted by Gasteiger charge is 2.30. The van der Waals surface area contributed by atoms with E-state index in [1.54, 1.807) is 7.11 Å². The minimum atomic E-state index is 0.379. The summed E-state index contributed by atoms with van der Waals surface area (Å²) in [6, 6.07) is 6.64. The van der Waals surface area contributed by atoms with Gasteiger partial charge >= 0.3 is 0 Å². The molecule has 0 amide bonds. The van der Waals surface area contributed by atoms with E-state index in [4.69, 9.17) is 14.0 Å². The number of rotatable bonds is 7. The molecule has 1 aliphatic rings. The first kappa shape index (κ1) is 18.8. The maximum absolute atomic E-state index is 5.87. The van der Waals surface area contributed by atoms with Crippen molar-refractivity contribution in [3.05, 3.63) is 40.8 Å². The number of methoxy groups -OCH3 is 1. The highest BCUT2D eigenvalue weighted by Crippen LogP contribution is 2.37. The van der Waals surface area contributed by atoms with Crippen molar-refractivity contribution in [3.8, 4) is 11.5 Å². The molecule has 26 heavy (non-hydrogen) atoms. The zero-order valence-corrected chi connectivity index (χ0v) is 16.5. The molecule has 2 aromatic rings. The molecule has 5 nitrogen and oxygen atoms in total. The first-order valence-electron chi connectivity index (χ1n) is 9.46. The van der Waals surface area contributed by atoms with Crippen LogP contribution in [0.25, 0.3) is 0 Å². The summed E-state index contributed by atoms with van der Waals surface area (Å²) in [6.07, 6.45) is 2.34. The van der Waals surface area contributed by atoms with E-state index < -0.39 is 0 Å². The van der Waals surface area contributed by atoms with E-state index in [1.165, 1.54) is 17.5 Å². The van der Waals surface area contributed by atoms with Crippen molar-refractivity contribution in [1.29, 1.82) is 0 Å². The quantitative estimate of drug-likeness (QED) is 0.720. The first-order valence-corrected chi connectivity index (χ1v) is 9.46. The zero-order chi connectivity index (χ0) is 18.7. The third-order valence-corrected chi connectivity index (χ3v) is 4.97. The summed E-state index contributed by atoms with van der Waals surface area (Å²) in [4.78, 5) is 2.51. The minimum absolute atomic E-state index is 0.379. The molecule has 0 spiro atoms. The molecule has 3 rings (SSSR count). The summed E-state index contributed by atoms with van der Waals surface area (Å²) >= 11 is 0. The predicted octanol–water partition coefficient (Wildman–Crippen LogP) is 4.67. The number of hydrogen-bond acceptors (Lipinski definition) is 5. The molecule has 0 unspecified atom stereocenters. The summed E-state index contributed by atoms with van der Waals surface area (Å²) in [5.41, 5.74) is 3.50. The van der Waals surface area contributed by atoms with Crippen molar-refractivity contribution in [1.82, 2.24) is 10.1 Å². The second-order valence-corrected chi connectivity index (χ2v) is 7.56. The van der Waals surface area contributed by atoms with Crippen LogP contribution in [0.4, 0.5) is 0 Å². The molecule has 1 atom stereocenters. The van der Waals surface area contributed by atoms with Crippen molar-refractivity contribution in [2.75, 3.05) is 20.3 Å². The van der Waals surface area contributed by atoms with E-state index in [1.807, 2.05) is 19.9 Å². The maximum Gasteiger partial charge on any atom is 0.161 e. The van der Waals surface area contributed by atoms with Gasteiger partial charge in [0.15, 0.2) is 11.5 Å². The molecule has 0 bridgehead atoms. The molecule has 1 aromatic heterocycles. The fraction of sp³-hybridized carbons (Fsp3) is 0.571. The number of benzene rings is 1. The standard InChI is InChI=1S/C21H30N2O3/c1-14(2)13-25-19-9-8-17(11-20(19)24-5)12-23-10-6-7-18(23)21-15(3)22-26-16(21)4/h8-9,11,14,18H,6-7,10,12-13H2,1-5H3/t18-/m0/s1. The summed E-state index contributed by atoms with van der Waals surface area (Å²) in [7, 11) is 1.70. The van der Waals surface area contributed by atoms with E-state index in [0.29, 0.717) is 18.6 Å². The lowest BCUT2D eigenvalue weighted by atomic mass is 10.0. The fourth-order valence-electron chi connectivity index (χ4n) is 3.73. The van der Waals surface area contributed by atoms with Crippen LogP contribution in [0.5, 0.6) is 11.5 Å². The number of nitrogens with zero attached hydrogens (tertiary/aromatic N) is 2. The van der Waals surface area contributed by atoms with E-state index in [-0.39, 0.29) is 0 Å². The van der Waals surface area contributed by atoms with Crippen molar-refractivity contribution in [2.24, 2.45) is 5.92 Å². The van der Waals surface area contributed by atoms with Crippen LogP contribution in [-0.4, -0.2) is 30.3 Å². The molecule has 142 valence electrons. The van der Waals surface area contributed by atoms with Gasteiger partial charge in [0.1, 0.15) is 5.76 Å². The maximum atomic E-state index is 5.87. The molecule has 1 saturated heterocycles. The molecule has 1 aromatic carbocycles. The topological polar surface area (TPSA) is 47.7 Å². The SMILES string of the molecule is COc1cc(CN2CCC[C@H]2c2c(C)noc2C)ccc1OCC(C)C. The van der Waals surface area contributed by atoms with Crippen molar-refractivity contribution in [2.45, 2.75) is 53.1 Å². The molecule has 0 saturated carbocycles. The second kappa shape index (κ2) is 8.12. The molecule has 5 heteroatoms. The minimum Gasteiger partial charge on any atom is -0.493 e. The second-order valence-electron chi connectivity index (χ2n) is 7.56. The van der Waals surface area contributed by atoms with Gasteiger partial charge in [-0.15, -0.1) is 0 Å². The molecule has 1 aliphatic heterocycles. The van der Waals surface area contributed by atoms with Crippen LogP contribution in [0.15, 0.2) is 22.7 Å². The van der Waals surface area contributed by atoms with Gasteiger partial charge < -0.3 is 14.0 Å². The molecule has 0 radical (unpaired) electrons. The number of ether oxygens (including phenoxy) is 2. The van der Waals surface area contributed by atoms with Crippen LogP contribution in [0.2, 0.25) is 0 Å². The van der Waals surface area contributed by atoms with Crippen LogP contribution < -0.4 is 9.47 Å². The first-order chi connectivity index (χ1) is 12.5. The monoisotopic (exact) mass is 358 g/mol. The largest absolute Gasteiger partial charge is 0.493 e. The normalized spacial score (nSPS) is 17.8. The van der Waals surface area contributed by atoms with E-state index in [9.17, 15) is 0 Å². The summed E-state index contributed by atoms with van der Waals surface area (Å²) in [6.45, 7) is 11.0. The zero-order valence-electron chi connectivity index (χ0n) is 16.5. The Labute approximate surface area is 156 Å². The van der Waals surface area contributed by atoms with Crippen molar-refractivity contribution in [3.63, 3.8) is 0 Å². The Morgan fingerprint density at radius 2 is 2.08 bits per heavy atom. The lowest BCUT2D eigenvalue weighted by Crippen LogP contribution is -2.23. The van der Waals surface area contributed by atoms with Gasteiger partial charge in [0.05, 0.1) is 19.4 Å². The Balaban J connectivity index is 1.75. The van der Waals surface area contributed by atoms with Crippen LogP contribution in [0.3, 0.4) is 0 Å². The molecular weight excluding hydrogens is 328 g/mol. The lowest BCUT2D eigenvalue weighted by Gasteiger charge is -2.25. The van der Waals surface area contributed by atoms with E-state index >= 15 is 0 Å². The number of hydrogen-bond donors (Lipinski definition) is 0. The van der Waals surface area contributed by atoms with Gasteiger partial charge in [-0.25, -0.2) is 0 Å². The molecule has 0 N–H and O–H groups in total. The van der Waals surface area contributed by atoms with Gasteiger partial charge in [0, 0.05) is 18.2 Å². The summed E-state index contributed by atoms with van der Waals surface area (Å²) in [5.74, 6) is 3.04. The Bertz CT molecular complexity index is 719. The van der Waals surface area contributed by atoms with Crippen LogP contribution in [-0.2, 0) is 6.54 Å². The summed E-state index contributed by atoms with van der Waals surface area (Å²) in [5, 5.41) is 4.14. The van der Waals surface area contributed by atoms with Crippen molar-refractivity contribution >= 4 is 0 Å². The Hall–Kier alpha value is -2.01. The average molecular weight is 358 g/mol. The third kappa shape index (κ3) is 4.04. The number of aryl methyl sites for hydroxylation is 2. The average Bonchev–Trinajstić information content (AvgIpc) is 3.19. The highest BCUT2D eigenvalue weighted by atomic mass is 16.5. The van der Waals surface area contributed by atoms with Gasteiger partial charge in [-0.3, -0.25) is 4.90 Å². The van der Waals surface area contributed by atoms with Gasteiger partial charge in [0.25, 0.3) is 0 Å².